The maximum absolute atomic E-state index is 12.4. The highest BCUT2D eigenvalue weighted by Crippen LogP contribution is 2.26. The SMILES string of the molecule is COc1ccc2cc(C(C)C(=O)Nc3ncc(C)s3)ccc2c1. The van der Waals surface area contributed by atoms with Crippen LogP contribution in [0.1, 0.15) is 23.3 Å². The molecule has 0 radical (unpaired) electrons. The third-order valence-corrected chi connectivity index (χ3v) is 4.64. The summed E-state index contributed by atoms with van der Waals surface area (Å²) in [7, 11) is 1.66. The Morgan fingerprint density at radius 1 is 1.22 bits per heavy atom. The van der Waals surface area contributed by atoms with E-state index in [0.717, 1.165) is 27.0 Å². The molecule has 2 aromatic carbocycles. The standard InChI is InChI=1S/C18H18N2O2S/c1-11-10-19-18(23-11)20-17(21)12(2)13-4-5-15-9-16(22-3)7-6-14(15)8-13/h4-10,12H,1-3H3,(H,19,20,21). The van der Waals surface area contributed by atoms with Crippen LogP contribution in [0.15, 0.2) is 42.6 Å². The smallest absolute Gasteiger partial charge is 0.233 e. The van der Waals surface area contributed by atoms with Crippen LogP contribution in [0.4, 0.5) is 5.13 Å². The van der Waals surface area contributed by atoms with E-state index in [-0.39, 0.29) is 11.8 Å². The third-order valence-electron chi connectivity index (χ3n) is 3.82. The van der Waals surface area contributed by atoms with Gasteiger partial charge in [0.2, 0.25) is 5.91 Å². The molecule has 118 valence electrons. The second kappa shape index (κ2) is 6.38. The maximum Gasteiger partial charge on any atom is 0.233 e. The molecule has 1 amide bonds. The molecule has 0 saturated heterocycles. The molecule has 0 bridgehead atoms. The highest BCUT2D eigenvalue weighted by atomic mass is 32.1. The van der Waals surface area contributed by atoms with Crippen molar-refractivity contribution in [3.05, 3.63) is 53.0 Å². The molecule has 3 rings (SSSR count). The zero-order valence-electron chi connectivity index (χ0n) is 13.3. The van der Waals surface area contributed by atoms with Crippen LogP contribution in [-0.2, 0) is 4.79 Å². The van der Waals surface area contributed by atoms with Gasteiger partial charge in [-0.05, 0) is 42.3 Å². The van der Waals surface area contributed by atoms with Gasteiger partial charge in [-0.25, -0.2) is 4.98 Å². The van der Waals surface area contributed by atoms with E-state index in [2.05, 4.69) is 10.3 Å². The van der Waals surface area contributed by atoms with Gasteiger partial charge in [-0.1, -0.05) is 24.3 Å². The molecule has 3 aromatic rings. The summed E-state index contributed by atoms with van der Waals surface area (Å²) in [6.07, 6.45) is 1.76. The summed E-state index contributed by atoms with van der Waals surface area (Å²) in [5, 5.41) is 5.70. The second-order valence-electron chi connectivity index (χ2n) is 5.46. The van der Waals surface area contributed by atoms with E-state index in [4.69, 9.17) is 4.74 Å². The van der Waals surface area contributed by atoms with Gasteiger partial charge in [0.25, 0.3) is 0 Å². The van der Waals surface area contributed by atoms with Crippen LogP contribution in [0.25, 0.3) is 10.8 Å². The van der Waals surface area contributed by atoms with E-state index in [1.54, 1.807) is 13.3 Å². The molecule has 1 N–H and O–H groups in total. The van der Waals surface area contributed by atoms with E-state index in [1.165, 1.54) is 11.3 Å². The first-order chi connectivity index (χ1) is 11.1. The summed E-state index contributed by atoms with van der Waals surface area (Å²) in [4.78, 5) is 17.6. The number of carbonyl (C=O) groups excluding carboxylic acids is 1. The lowest BCUT2D eigenvalue weighted by Gasteiger charge is -2.12. The average Bonchev–Trinajstić information content (AvgIpc) is 2.97. The molecular formula is C18H18N2O2S. The number of anilines is 1. The van der Waals surface area contributed by atoms with Crippen LogP contribution in [0.2, 0.25) is 0 Å². The molecule has 0 aliphatic carbocycles. The van der Waals surface area contributed by atoms with Gasteiger partial charge in [-0.2, -0.15) is 0 Å². The predicted octanol–water partition coefficient (Wildman–Crippen LogP) is 4.36. The first-order valence-electron chi connectivity index (χ1n) is 7.38. The Balaban J connectivity index is 1.82. The number of hydrogen-bond donors (Lipinski definition) is 1. The van der Waals surface area contributed by atoms with Crippen LogP contribution >= 0.6 is 11.3 Å². The summed E-state index contributed by atoms with van der Waals surface area (Å²) in [6, 6.07) is 12.0. The maximum atomic E-state index is 12.4. The van der Waals surface area contributed by atoms with Crippen molar-refractivity contribution in [3.8, 4) is 5.75 Å². The topological polar surface area (TPSA) is 51.2 Å². The zero-order valence-corrected chi connectivity index (χ0v) is 14.1. The van der Waals surface area contributed by atoms with E-state index >= 15 is 0 Å². The number of benzene rings is 2. The Morgan fingerprint density at radius 3 is 2.65 bits per heavy atom. The molecule has 0 fully saturated rings. The minimum atomic E-state index is -0.245. The van der Waals surface area contributed by atoms with Crippen molar-refractivity contribution in [2.75, 3.05) is 12.4 Å². The molecule has 4 nitrogen and oxygen atoms in total. The number of aryl methyl sites for hydroxylation is 1. The van der Waals surface area contributed by atoms with Gasteiger partial charge in [0, 0.05) is 11.1 Å². The number of rotatable bonds is 4. The lowest BCUT2D eigenvalue weighted by molar-refractivity contribution is -0.117. The van der Waals surface area contributed by atoms with Crippen LogP contribution in [0.3, 0.4) is 0 Å². The highest BCUT2D eigenvalue weighted by Gasteiger charge is 2.17. The third kappa shape index (κ3) is 3.35. The number of hydrogen-bond acceptors (Lipinski definition) is 4. The fraction of sp³-hybridized carbons (Fsp3) is 0.222. The Morgan fingerprint density at radius 2 is 1.96 bits per heavy atom. The Labute approximate surface area is 139 Å². The number of aromatic nitrogens is 1. The van der Waals surface area contributed by atoms with Gasteiger partial charge in [-0.3, -0.25) is 4.79 Å². The predicted molar refractivity (Wildman–Crippen MR) is 94.4 cm³/mol. The van der Waals surface area contributed by atoms with Crippen LogP contribution in [-0.4, -0.2) is 18.0 Å². The summed E-state index contributed by atoms with van der Waals surface area (Å²) in [5.41, 5.74) is 0.980. The lowest BCUT2D eigenvalue weighted by Crippen LogP contribution is -2.18. The van der Waals surface area contributed by atoms with Crippen molar-refractivity contribution in [2.45, 2.75) is 19.8 Å². The van der Waals surface area contributed by atoms with Crippen LogP contribution in [0, 0.1) is 6.92 Å². The number of carbonyl (C=O) groups is 1. The van der Waals surface area contributed by atoms with Crippen molar-refractivity contribution in [1.29, 1.82) is 0 Å². The summed E-state index contributed by atoms with van der Waals surface area (Å²) in [6.45, 7) is 3.87. The van der Waals surface area contributed by atoms with Gasteiger partial charge < -0.3 is 10.1 Å². The van der Waals surface area contributed by atoms with Crippen LogP contribution < -0.4 is 10.1 Å². The quantitative estimate of drug-likeness (QED) is 0.775. The Hall–Kier alpha value is -2.40. The van der Waals surface area contributed by atoms with Crippen molar-refractivity contribution in [3.63, 3.8) is 0 Å². The molecule has 1 heterocycles. The molecule has 0 saturated carbocycles. The zero-order chi connectivity index (χ0) is 16.4. The number of methoxy groups -OCH3 is 1. The molecule has 0 spiro atoms. The first kappa shape index (κ1) is 15.5. The minimum Gasteiger partial charge on any atom is -0.497 e. The average molecular weight is 326 g/mol. The van der Waals surface area contributed by atoms with Gasteiger partial charge in [0.05, 0.1) is 13.0 Å². The lowest BCUT2D eigenvalue weighted by atomic mass is 9.97. The number of amides is 1. The number of nitrogens with zero attached hydrogens (tertiary/aromatic N) is 1. The fourth-order valence-corrected chi connectivity index (χ4v) is 3.08. The number of nitrogens with one attached hydrogen (secondary N) is 1. The second-order valence-corrected chi connectivity index (χ2v) is 6.69. The summed E-state index contributed by atoms with van der Waals surface area (Å²) < 4.78 is 5.24. The molecule has 1 aromatic heterocycles. The van der Waals surface area contributed by atoms with E-state index in [0.29, 0.717) is 5.13 Å². The molecule has 5 heteroatoms. The van der Waals surface area contributed by atoms with Gasteiger partial charge in [0.1, 0.15) is 5.75 Å². The Kier molecular flexibility index (Phi) is 4.30. The molecule has 1 atom stereocenters. The number of ether oxygens (including phenoxy) is 1. The van der Waals surface area contributed by atoms with Crippen LogP contribution in [0.5, 0.6) is 5.75 Å². The van der Waals surface area contributed by atoms with E-state index < -0.39 is 0 Å². The van der Waals surface area contributed by atoms with E-state index in [1.807, 2.05) is 50.2 Å². The first-order valence-corrected chi connectivity index (χ1v) is 8.19. The summed E-state index contributed by atoms with van der Waals surface area (Å²) >= 11 is 1.48. The number of thiazole rings is 1. The monoisotopic (exact) mass is 326 g/mol. The molecule has 0 aliphatic rings. The van der Waals surface area contributed by atoms with Crippen molar-refractivity contribution < 1.29 is 9.53 Å². The molecule has 23 heavy (non-hydrogen) atoms. The van der Waals surface area contributed by atoms with Crippen molar-refractivity contribution in [1.82, 2.24) is 4.98 Å². The minimum absolute atomic E-state index is 0.0489. The fourth-order valence-electron chi connectivity index (χ4n) is 2.42. The van der Waals surface area contributed by atoms with Crippen molar-refractivity contribution in [2.24, 2.45) is 0 Å². The Bertz CT molecular complexity index is 857. The number of fused-ring (bicyclic) bond motifs is 1. The molecule has 1 unspecified atom stereocenters. The normalized spacial score (nSPS) is 12.1. The van der Waals surface area contributed by atoms with Gasteiger partial charge >= 0.3 is 0 Å². The van der Waals surface area contributed by atoms with Crippen molar-refractivity contribution >= 4 is 33.1 Å². The van der Waals surface area contributed by atoms with Gasteiger partial charge in [-0.15, -0.1) is 11.3 Å². The van der Waals surface area contributed by atoms with E-state index in [9.17, 15) is 4.79 Å². The highest BCUT2D eigenvalue weighted by molar-refractivity contribution is 7.15. The largest absolute Gasteiger partial charge is 0.497 e. The summed E-state index contributed by atoms with van der Waals surface area (Å²) in [5.74, 6) is 0.535. The molecular weight excluding hydrogens is 308 g/mol. The van der Waals surface area contributed by atoms with Gasteiger partial charge in [0.15, 0.2) is 5.13 Å². The molecule has 0 aliphatic heterocycles.